The van der Waals surface area contributed by atoms with Crippen LogP contribution in [0.4, 0.5) is 0 Å². The topological polar surface area (TPSA) is 21.3 Å². The quantitative estimate of drug-likeness (QED) is 0.897. The monoisotopic (exact) mass is 297 g/mol. The van der Waals surface area contributed by atoms with Gasteiger partial charge in [0.05, 0.1) is 7.11 Å². The molecule has 0 amide bonds. The number of nitrogens with one attached hydrogen (secondary N) is 1. The minimum absolute atomic E-state index is 0.554. The third-order valence-electron chi connectivity index (χ3n) is 3.68. The summed E-state index contributed by atoms with van der Waals surface area (Å²) in [6, 6.07) is 6.09. The zero-order valence-corrected chi connectivity index (χ0v) is 12.3. The lowest BCUT2D eigenvalue weighted by Crippen LogP contribution is -2.18. The molecule has 1 aliphatic rings. The fourth-order valence-electron chi connectivity index (χ4n) is 2.12. The van der Waals surface area contributed by atoms with Crippen molar-refractivity contribution in [2.24, 2.45) is 11.3 Å². The molecule has 1 aromatic carbocycles. The SMILES string of the molecule is COc1ccc(Br)c(CNCC2CC2(C)C)c1. The lowest BCUT2D eigenvalue weighted by molar-refractivity contribution is 0.414. The molecule has 1 aromatic rings. The Hall–Kier alpha value is -0.540. The molecule has 17 heavy (non-hydrogen) atoms. The number of hydrogen-bond donors (Lipinski definition) is 1. The summed E-state index contributed by atoms with van der Waals surface area (Å²) >= 11 is 3.57. The zero-order chi connectivity index (χ0) is 12.5. The van der Waals surface area contributed by atoms with Gasteiger partial charge >= 0.3 is 0 Å². The molecule has 3 heteroatoms. The summed E-state index contributed by atoms with van der Waals surface area (Å²) in [4.78, 5) is 0. The van der Waals surface area contributed by atoms with Gasteiger partial charge < -0.3 is 10.1 Å². The van der Waals surface area contributed by atoms with Crippen LogP contribution in [0.2, 0.25) is 0 Å². The van der Waals surface area contributed by atoms with Crippen LogP contribution in [0.25, 0.3) is 0 Å². The van der Waals surface area contributed by atoms with Gasteiger partial charge in [-0.25, -0.2) is 0 Å². The Bertz CT molecular complexity index is 403. The maximum Gasteiger partial charge on any atom is 0.119 e. The van der Waals surface area contributed by atoms with Crippen LogP contribution in [-0.4, -0.2) is 13.7 Å². The summed E-state index contributed by atoms with van der Waals surface area (Å²) < 4.78 is 6.37. The van der Waals surface area contributed by atoms with E-state index in [1.54, 1.807) is 7.11 Å². The molecular weight excluding hydrogens is 278 g/mol. The first-order valence-corrected chi connectivity index (χ1v) is 6.85. The number of hydrogen-bond acceptors (Lipinski definition) is 2. The van der Waals surface area contributed by atoms with Gasteiger partial charge in [-0.1, -0.05) is 29.8 Å². The molecule has 2 rings (SSSR count). The highest BCUT2D eigenvalue weighted by Gasteiger charge is 2.44. The smallest absolute Gasteiger partial charge is 0.119 e. The second-order valence-corrected chi connectivity index (χ2v) is 6.33. The lowest BCUT2D eigenvalue weighted by Gasteiger charge is -2.09. The van der Waals surface area contributed by atoms with Crippen molar-refractivity contribution < 1.29 is 4.74 Å². The second-order valence-electron chi connectivity index (χ2n) is 5.48. The summed E-state index contributed by atoms with van der Waals surface area (Å²) in [5.74, 6) is 1.75. The van der Waals surface area contributed by atoms with Crippen molar-refractivity contribution in [1.29, 1.82) is 0 Å². The Kier molecular flexibility index (Phi) is 3.79. The van der Waals surface area contributed by atoms with Gasteiger partial charge in [-0.05, 0) is 48.1 Å². The van der Waals surface area contributed by atoms with Crippen molar-refractivity contribution >= 4 is 15.9 Å². The molecule has 1 fully saturated rings. The predicted octanol–water partition coefficient (Wildman–Crippen LogP) is 3.59. The Morgan fingerprint density at radius 3 is 2.76 bits per heavy atom. The van der Waals surface area contributed by atoms with Crippen LogP contribution in [0, 0.1) is 11.3 Å². The van der Waals surface area contributed by atoms with Crippen molar-refractivity contribution in [1.82, 2.24) is 5.32 Å². The molecule has 1 aliphatic carbocycles. The molecule has 0 spiro atoms. The van der Waals surface area contributed by atoms with Crippen molar-refractivity contribution in [3.63, 3.8) is 0 Å². The number of rotatable bonds is 5. The Balaban J connectivity index is 1.86. The minimum Gasteiger partial charge on any atom is -0.497 e. The number of ether oxygens (including phenoxy) is 1. The highest BCUT2D eigenvalue weighted by molar-refractivity contribution is 9.10. The van der Waals surface area contributed by atoms with E-state index >= 15 is 0 Å². The zero-order valence-electron chi connectivity index (χ0n) is 10.7. The predicted molar refractivity (Wildman–Crippen MR) is 74.3 cm³/mol. The highest BCUT2D eigenvalue weighted by Crippen LogP contribution is 2.51. The largest absolute Gasteiger partial charge is 0.497 e. The molecule has 2 nitrogen and oxygen atoms in total. The van der Waals surface area contributed by atoms with E-state index in [9.17, 15) is 0 Å². The third kappa shape index (κ3) is 3.23. The summed E-state index contributed by atoms with van der Waals surface area (Å²) in [5.41, 5.74) is 1.81. The number of methoxy groups -OCH3 is 1. The normalized spacial score (nSPS) is 21.3. The van der Waals surface area contributed by atoms with E-state index in [0.29, 0.717) is 5.41 Å². The van der Waals surface area contributed by atoms with E-state index in [4.69, 9.17) is 4.74 Å². The average Bonchev–Trinajstić information content (AvgIpc) is 2.89. The van der Waals surface area contributed by atoms with Gasteiger partial charge in [0.15, 0.2) is 0 Å². The van der Waals surface area contributed by atoms with Crippen molar-refractivity contribution in [2.75, 3.05) is 13.7 Å². The van der Waals surface area contributed by atoms with Gasteiger partial charge in [-0.15, -0.1) is 0 Å². The fourth-order valence-corrected chi connectivity index (χ4v) is 2.51. The van der Waals surface area contributed by atoms with Crippen LogP contribution in [0.5, 0.6) is 5.75 Å². The van der Waals surface area contributed by atoms with Gasteiger partial charge in [-0.2, -0.15) is 0 Å². The van der Waals surface area contributed by atoms with E-state index in [0.717, 1.165) is 29.2 Å². The molecule has 0 saturated heterocycles. The van der Waals surface area contributed by atoms with Crippen molar-refractivity contribution in [2.45, 2.75) is 26.8 Å². The van der Waals surface area contributed by atoms with Gasteiger partial charge in [0.2, 0.25) is 0 Å². The maximum atomic E-state index is 5.23. The summed E-state index contributed by atoms with van der Waals surface area (Å²) in [6.07, 6.45) is 1.35. The Morgan fingerprint density at radius 2 is 2.18 bits per heavy atom. The van der Waals surface area contributed by atoms with E-state index in [1.165, 1.54) is 12.0 Å². The molecule has 0 aliphatic heterocycles. The third-order valence-corrected chi connectivity index (χ3v) is 4.45. The molecule has 1 saturated carbocycles. The van der Waals surface area contributed by atoms with Crippen molar-refractivity contribution in [3.05, 3.63) is 28.2 Å². The first-order valence-electron chi connectivity index (χ1n) is 6.06. The van der Waals surface area contributed by atoms with E-state index in [2.05, 4.69) is 41.2 Å². The van der Waals surface area contributed by atoms with E-state index in [1.807, 2.05) is 12.1 Å². The maximum absolute atomic E-state index is 5.23. The number of benzene rings is 1. The second kappa shape index (κ2) is 4.99. The molecule has 1 N–H and O–H groups in total. The van der Waals surface area contributed by atoms with Crippen LogP contribution in [0.1, 0.15) is 25.8 Å². The van der Waals surface area contributed by atoms with E-state index < -0.39 is 0 Å². The first kappa shape index (κ1) is 12.9. The van der Waals surface area contributed by atoms with Crippen molar-refractivity contribution in [3.8, 4) is 5.75 Å². The standard InChI is InChI=1S/C14H20BrNO/c1-14(2)7-11(14)9-16-8-10-6-12(17-3)4-5-13(10)15/h4-6,11,16H,7-9H2,1-3H3. The highest BCUT2D eigenvalue weighted by atomic mass is 79.9. The number of halogens is 1. The Labute approximate surface area is 112 Å². The fraction of sp³-hybridized carbons (Fsp3) is 0.571. The molecule has 1 atom stereocenters. The molecule has 1 unspecified atom stereocenters. The van der Waals surface area contributed by atoms with Gasteiger partial charge in [-0.3, -0.25) is 0 Å². The molecule has 0 aromatic heterocycles. The van der Waals surface area contributed by atoms with Crippen LogP contribution in [-0.2, 0) is 6.54 Å². The summed E-state index contributed by atoms with van der Waals surface area (Å²) in [6.45, 7) is 6.67. The minimum atomic E-state index is 0.554. The molecule has 0 bridgehead atoms. The van der Waals surface area contributed by atoms with Crippen LogP contribution in [0.15, 0.2) is 22.7 Å². The Morgan fingerprint density at radius 1 is 1.47 bits per heavy atom. The van der Waals surface area contributed by atoms with Crippen LogP contribution < -0.4 is 10.1 Å². The van der Waals surface area contributed by atoms with Gasteiger partial charge in [0, 0.05) is 11.0 Å². The lowest BCUT2D eigenvalue weighted by atomic mass is 10.1. The molecule has 94 valence electrons. The summed E-state index contributed by atoms with van der Waals surface area (Å²) in [7, 11) is 1.70. The first-order chi connectivity index (χ1) is 8.03. The van der Waals surface area contributed by atoms with E-state index in [-0.39, 0.29) is 0 Å². The summed E-state index contributed by atoms with van der Waals surface area (Å²) in [5, 5.41) is 3.53. The molecule has 0 radical (unpaired) electrons. The van der Waals surface area contributed by atoms with Gasteiger partial charge in [0.25, 0.3) is 0 Å². The molecule has 0 heterocycles. The van der Waals surface area contributed by atoms with Crippen LogP contribution in [0.3, 0.4) is 0 Å². The molecular formula is C14H20BrNO. The van der Waals surface area contributed by atoms with Crippen LogP contribution >= 0.6 is 15.9 Å². The van der Waals surface area contributed by atoms with Gasteiger partial charge in [0.1, 0.15) is 5.75 Å². The average molecular weight is 298 g/mol.